The van der Waals surface area contributed by atoms with Crippen LogP contribution in [0.5, 0.6) is 5.75 Å². The van der Waals surface area contributed by atoms with E-state index in [0.717, 1.165) is 0 Å². The van der Waals surface area contributed by atoms with E-state index in [4.69, 9.17) is 21.6 Å². The second-order valence-corrected chi connectivity index (χ2v) is 3.19. The highest BCUT2D eigenvalue weighted by molar-refractivity contribution is 6.30. The van der Waals surface area contributed by atoms with Crippen molar-refractivity contribution in [3.8, 4) is 11.8 Å². The van der Waals surface area contributed by atoms with Gasteiger partial charge in [0.15, 0.2) is 5.15 Å². The van der Waals surface area contributed by atoms with E-state index >= 15 is 0 Å². The van der Waals surface area contributed by atoms with Gasteiger partial charge in [-0.3, -0.25) is 9.36 Å². The molecule has 0 fully saturated rings. The number of aryl methyl sites for hydroxylation is 1. The number of halogens is 1. The Hall–Kier alpha value is -1.54. The molecule has 0 atom stereocenters. The fourth-order valence-electron chi connectivity index (χ4n) is 1.11. The predicted molar refractivity (Wildman–Crippen MR) is 54.9 cm³/mol. The lowest BCUT2D eigenvalue weighted by Gasteiger charge is -2.06. The van der Waals surface area contributed by atoms with Crippen molar-refractivity contribution < 1.29 is 4.74 Å². The van der Waals surface area contributed by atoms with Crippen molar-refractivity contribution in [2.45, 2.75) is 19.4 Å². The minimum absolute atomic E-state index is 0.0381. The van der Waals surface area contributed by atoms with Crippen LogP contribution in [0, 0.1) is 11.3 Å². The van der Waals surface area contributed by atoms with Gasteiger partial charge in [0.05, 0.1) is 19.5 Å². The van der Waals surface area contributed by atoms with E-state index in [1.54, 1.807) is 0 Å². The maximum atomic E-state index is 11.6. The maximum absolute atomic E-state index is 11.6. The fraction of sp³-hybridized carbons (Fsp3) is 0.444. The zero-order valence-electron chi connectivity index (χ0n) is 8.23. The zero-order valence-corrected chi connectivity index (χ0v) is 8.99. The summed E-state index contributed by atoms with van der Waals surface area (Å²) in [5.74, 6) is 0.0381. The summed E-state index contributed by atoms with van der Waals surface area (Å²) < 4.78 is 6.21. The molecule has 1 heterocycles. The van der Waals surface area contributed by atoms with Gasteiger partial charge < -0.3 is 4.74 Å². The number of methoxy groups -OCH3 is 1. The average Bonchev–Trinajstić information content (AvgIpc) is 2.22. The summed E-state index contributed by atoms with van der Waals surface area (Å²) in [7, 11) is 1.36. The molecule has 0 unspecified atom stereocenters. The van der Waals surface area contributed by atoms with Crippen LogP contribution in [0.3, 0.4) is 0 Å². The summed E-state index contributed by atoms with van der Waals surface area (Å²) in [6, 6.07) is 2.00. The van der Waals surface area contributed by atoms with E-state index in [-0.39, 0.29) is 16.5 Å². The maximum Gasteiger partial charge on any atom is 0.297 e. The smallest absolute Gasteiger partial charge is 0.297 e. The van der Waals surface area contributed by atoms with Crippen molar-refractivity contribution in [3.63, 3.8) is 0 Å². The van der Waals surface area contributed by atoms with Crippen molar-refractivity contribution in [2.24, 2.45) is 0 Å². The van der Waals surface area contributed by atoms with Crippen LogP contribution in [0.25, 0.3) is 0 Å². The van der Waals surface area contributed by atoms with Crippen molar-refractivity contribution in [1.29, 1.82) is 5.26 Å². The first-order chi connectivity index (χ1) is 7.20. The third kappa shape index (κ3) is 2.70. The van der Waals surface area contributed by atoms with E-state index in [2.05, 4.69) is 4.98 Å². The average molecular weight is 228 g/mol. The number of ether oxygens (including phenoxy) is 1. The highest BCUT2D eigenvalue weighted by atomic mass is 35.5. The van der Waals surface area contributed by atoms with Crippen molar-refractivity contribution in [1.82, 2.24) is 9.55 Å². The number of unbranched alkanes of at least 4 members (excludes halogenated alkanes) is 1. The molecular formula is C9H10ClN3O2. The van der Waals surface area contributed by atoms with E-state index in [1.807, 2.05) is 6.07 Å². The third-order valence-corrected chi connectivity index (χ3v) is 2.11. The summed E-state index contributed by atoms with van der Waals surface area (Å²) >= 11 is 5.66. The minimum atomic E-state index is -0.324. The summed E-state index contributed by atoms with van der Waals surface area (Å²) in [5, 5.41) is 8.41. The Labute approximate surface area is 91.9 Å². The normalized spacial score (nSPS) is 9.67. The lowest BCUT2D eigenvalue weighted by Crippen LogP contribution is -2.22. The largest absolute Gasteiger partial charge is 0.489 e. The molecule has 0 spiro atoms. The second-order valence-electron chi connectivity index (χ2n) is 2.83. The molecule has 80 valence electrons. The first kappa shape index (κ1) is 11.5. The number of nitrogens with zero attached hydrogens (tertiary/aromatic N) is 3. The van der Waals surface area contributed by atoms with Crippen LogP contribution < -0.4 is 10.3 Å². The molecule has 0 radical (unpaired) electrons. The summed E-state index contributed by atoms with van der Waals surface area (Å²) in [4.78, 5) is 15.5. The molecule has 0 bridgehead atoms. The highest BCUT2D eigenvalue weighted by Crippen LogP contribution is 2.14. The second kappa shape index (κ2) is 5.37. The highest BCUT2D eigenvalue weighted by Gasteiger charge is 2.09. The van der Waals surface area contributed by atoms with Crippen LogP contribution in [0.1, 0.15) is 12.8 Å². The number of hydrogen-bond donors (Lipinski definition) is 0. The Morgan fingerprint density at radius 2 is 2.47 bits per heavy atom. The molecule has 0 saturated carbocycles. The fourth-order valence-corrected chi connectivity index (χ4v) is 1.31. The molecule has 0 saturated heterocycles. The standard InChI is InChI=1S/C9H10ClN3O2/c1-15-7-8(10)12-6-13(9(7)14)5-3-2-4-11/h6H,2-3,5H2,1H3. The summed E-state index contributed by atoms with van der Waals surface area (Å²) in [5.41, 5.74) is -0.324. The monoisotopic (exact) mass is 227 g/mol. The molecule has 1 aromatic rings. The molecular weight excluding hydrogens is 218 g/mol. The molecule has 0 N–H and O–H groups in total. The SMILES string of the molecule is COc1c(Cl)ncn(CCCC#N)c1=O. The van der Waals surface area contributed by atoms with Gasteiger partial charge in [-0.15, -0.1) is 0 Å². The number of aromatic nitrogens is 2. The lowest BCUT2D eigenvalue weighted by molar-refractivity contribution is 0.398. The Bertz CT molecular complexity index is 436. The van der Waals surface area contributed by atoms with Crippen LogP contribution >= 0.6 is 11.6 Å². The van der Waals surface area contributed by atoms with E-state index in [1.165, 1.54) is 18.0 Å². The van der Waals surface area contributed by atoms with Crippen molar-refractivity contribution >= 4 is 11.6 Å². The molecule has 0 aliphatic carbocycles. The number of rotatable bonds is 4. The Morgan fingerprint density at radius 1 is 1.73 bits per heavy atom. The molecule has 1 rings (SSSR count). The van der Waals surface area contributed by atoms with Crippen molar-refractivity contribution in [2.75, 3.05) is 7.11 Å². The Morgan fingerprint density at radius 3 is 3.07 bits per heavy atom. The number of hydrogen-bond acceptors (Lipinski definition) is 4. The minimum Gasteiger partial charge on any atom is -0.489 e. The predicted octanol–water partition coefficient (Wildman–Crippen LogP) is 1.21. The van der Waals surface area contributed by atoms with Crippen LogP contribution in [0.2, 0.25) is 5.15 Å². The first-order valence-corrected chi connectivity index (χ1v) is 4.74. The van der Waals surface area contributed by atoms with Gasteiger partial charge in [0, 0.05) is 13.0 Å². The zero-order chi connectivity index (χ0) is 11.3. The van der Waals surface area contributed by atoms with Crippen LogP contribution in [0.4, 0.5) is 0 Å². The van der Waals surface area contributed by atoms with Gasteiger partial charge in [0.2, 0.25) is 5.75 Å². The van der Waals surface area contributed by atoms with Gasteiger partial charge in [0.1, 0.15) is 0 Å². The van der Waals surface area contributed by atoms with E-state index < -0.39 is 0 Å². The summed E-state index contributed by atoms with van der Waals surface area (Å²) in [6.07, 6.45) is 2.35. The molecule has 5 nitrogen and oxygen atoms in total. The topological polar surface area (TPSA) is 67.9 Å². The molecule has 0 aromatic carbocycles. The Kier molecular flexibility index (Phi) is 4.13. The van der Waals surface area contributed by atoms with E-state index in [0.29, 0.717) is 19.4 Å². The molecule has 0 amide bonds. The van der Waals surface area contributed by atoms with Crippen molar-refractivity contribution in [3.05, 3.63) is 21.8 Å². The summed E-state index contributed by atoms with van der Waals surface area (Å²) in [6.45, 7) is 0.437. The van der Waals surface area contributed by atoms with Gasteiger partial charge in [-0.2, -0.15) is 5.26 Å². The first-order valence-electron chi connectivity index (χ1n) is 4.36. The molecule has 6 heteroatoms. The number of nitriles is 1. The molecule has 1 aromatic heterocycles. The van der Waals surface area contributed by atoms with Gasteiger partial charge >= 0.3 is 0 Å². The van der Waals surface area contributed by atoms with Crippen LogP contribution in [-0.4, -0.2) is 16.7 Å². The van der Waals surface area contributed by atoms with Gasteiger partial charge in [-0.1, -0.05) is 11.6 Å². The van der Waals surface area contributed by atoms with Gasteiger partial charge in [0.25, 0.3) is 5.56 Å². The van der Waals surface area contributed by atoms with E-state index in [9.17, 15) is 4.79 Å². The van der Waals surface area contributed by atoms with Crippen LogP contribution in [0.15, 0.2) is 11.1 Å². The molecule has 15 heavy (non-hydrogen) atoms. The van der Waals surface area contributed by atoms with Gasteiger partial charge in [-0.25, -0.2) is 4.98 Å². The lowest BCUT2D eigenvalue weighted by atomic mass is 10.3. The quantitative estimate of drug-likeness (QED) is 0.573. The molecule has 0 aliphatic rings. The third-order valence-electron chi connectivity index (χ3n) is 1.84. The van der Waals surface area contributed by atoms with Gasteiger partial charge in [-0.05, 0) is 6.42 Å². The Balaban J connectivity index is 2.92. The van der Waals surface area contributed by atoms with Crippen LogP contribution in [-0.2, 0) is 6.54 Å². The molecule has 0 aliphatic heterocycles.